The fraction of sp³-hybridized carbons (Fsp3) is 0.100. The maximum Gasteiger partial charge on any atom is 0.387 e. The Morgan fingerprint density at radius 3 is 2.50 bits per heavy atom. The van der Waals surface area contributed by atoms with Crippen molar-refractivity contribution < 1.29 is 22.7 Å². The van der Waals surface area contributed by atoms with Crippen molar-refractivity contribution in [3.05, 3.63) is 66.5 Å². The fourth-order valence-corrected chi connectivity index (χ4v) is 2.83. The van der Waals surface area contributed by atoms with E-state index in [0.717, 1.165) is 12.4 Å². The number of fused-ring (bicyclic) bond motifs is 1. The molecule has 0 unspecified atom stereocenters. The first-order valence-electron chi connectivity index (χ1n) is 8.62. The van der Waals surface area contributed by atoms with Crippen LogP contribution in [-0.2, 0) is 0 Å². The number of ether oxygens (including phenoxy) is 1. The van der Waals surface area contributed by atoms with Crippen molar-refractivity contribution in [3.63, 3.8) is 0 Å². The summed E-state index contributed by atoms with van der Waals surface area (Å²) >= 11 is 0. The molecule has 154 valence electrons. The largest absolute Gasteiger partial charge is 0.435 e. The summed E-state index contributed by atoms with van der Waals surface area (Å²) in [7, 11) is 1.50. The lowest BCUT2D eigenvalue weighted by atomic mass is 10.1. The van der Waals surface area contributed by atoms with Gasteiger partial charge in [-0.15, -0.1) is 0 Å². The molecular weight excluding hydrogens is 399 g/mol. The Labute approximate surface area is 169 Å². The minimum absolute atomic E-state index is 0.00376. The molecule has 0 aliphatic rings. The molecule has 10 heteroatoms. The van der Waals surface area contributed by atoms with Gasteiger partial charge in [-0.05, 0) is 30.8 Å². The monoisotopic (exact) mass is 415 g/mol. The maximum absolute atomic E-state index is 13.2. The van der Waals surface area contributed by atoms with Crippen LogP contribution in [0.2, 0.25) is 0 Å². The van der Waals surface area contributed by atoms with E-state index < -0.39 is 12.4 Å². The van der Waals surface area contributed by atoms with Gasteiger partial charge in [0.25, 0.3) is 0 Å². The molecule has 0 radical (unpaired) electrons. The van der Waals surface area contributed by atoms with E-state index in [1.807, 2.05) is 0 Å². The third kappa shape index (κ3) is 4.28. The Kier molecular flexibility index (Phi) is 6.38. The summed E-state index contributed by atoms with van der Waals surface area (Å²) < 4.78 is 44.2. The number of rotatable bonds is 5. The molecule has 0 fully saturated rings. The van der Waals surface area contributed by atoms with Crippen molar-refractivity contribution >= 4 is 17.3 Å². The minimum atomic E-state index is -2.95. The molecule has 0 saturated carbocycles. The first-order valence-corrected chi connectivity index (χ1v) is 8.62. The lowest BCUT2D eigenvalue weighted by Gasteiger charge is -2.06. The van der Waals surface area contributed by atoms with Gasteiger partial charge in [-0.2, -0.15) is 8.78 Å². The second kappa shape index (κ2) is 9.14. The molecule has 0 aliphatic heterocycles. The van der Waals surface area contributed by atoms with Crippen LogP contribution in [0.4, 0.5) is 13.2 Å². The average Bonchev–Trinajstić information content (AvgIpc) is 3.14. The number of benzene rings is 1. The minimum Gasteiger partial charge on any atom is -0.435 e. The van der Waals surface area contributed by atoms with Crippen LogP contribution in [0.3, 0.4) is 0 Å². The SMILES string of the molecule is CN.O=Cc1cnc2c(-c3cccc(OC(F)F)c3)cn(-c3ncc(F)cn3)c2c1. The van der Waals surface area contributed by atoms with E-state index in [2.05, 4.69) is 25.4 Å². The van der Waals surface area contributed by atoms with E-state index in [9.17, 15) is 18.0 Å². The molecule has 30 heavy (non-hydrogen) atoms. The van der Waals surface area contributed by atoms with Gasteiger partial charge in [0, 0.05) is 23.5 Å². The van der Waals surface area contributed by atoms with Crippen LogP contribution in [0.1, 0.15) is 10.4 Å². The Balaban J connectivity index is 0.00000124. The van der Waals surface area contributed by atoms with Gasteiger partial charge in [0.2, 0.25) is 5.95 Å². The number of pyridine rings is 1. The van der Waals surface area contributed by atoms with Crippen LogP contribution in [0.5, 0.6) is 5.75 Å². The van der Waals surface area contributed by atoms with Crippen LogP contribution in [0.25, 0.3) is 28.1 Å². The zero-order chi connectivity index (χ0) is 21.7. The van der Waals surface area contributed by atoms with Crippen molar-refractivity contribution in [1.82, 2.24) is 19.5 Å². The summed E-state index contributed by atoms with van der Waals surface area (Å²) in [5.41, 5.74) is 6.98. The highest BCUT2D eigenvalue weighted by molar-refractivity contribution is 5.96. The fourth-order valence-electron chi connectivity index (χ4n) is 2.83. The van der Waals surface area contributed by atoms with Crippen LogP contribution in [0.15, 0.2) is 55.1 Å². The topological polar surface area (TPSA) is 95.9 Å². The third-order valence-electron chi connectivity index (χ3n) is 3.99. The highest BCUT2D eigenvalue weighted by Crippen LogP contribution is 2.33. The molecule has 1 aromatic carbocycles. The van der Waals surface area contributed by atoms with E-state index in [1.165, 1.54) is 25.4 Å². The molecular formula is C20H16F3N5O2. The van der Waals surface area contributed by atoms with Crippen LogP contribution >= 0.6 is 0 Å². The van der Waals surface area contributed by atoms with Gasteiger partial charge in [0.1, 0.15) is 5.75 Å². The van der Waals surface area contributed by atoms with Crippen molar-refractivity contribution in [2.24, 2.45) is 5.73 Å². The quantitative estimate of drug-likeness (QED) is 0.500. The summed E-state index contributed by atoms with van der Waals surface area (Å²) in [6, 6.07) is 7.73. The van der Waals surface area contributed by atoms with Gasteiger partial charge in [-0.25, -0.2) is 14.4 Å². The highest BCUT2D eigenvalue weighted by atomic mass is 19.3. The second-order valence-electron chi connectivity index (χ2n) is 5.77. The summed E-state index contributed by atoms with van der Waals surface area (Å²) in [6.45, 7) is -2.95. The predicted molar refractivity (Wildman–Crippen MR) is 104 cm³/mol. The molecule has 3 heterocycles. The third-order valence-corrected chi connectivity index (χ3v) is 3.99. The first-order chi connectivity index (χ1) is 14.5. The number of halogens is 3. The summed E-state index contributed by atoms with van der Waals surface area (Å²) in [5, 5.41) is 0. The van der Waals surface area contributed by atoms with E-state index in [0.29, 0.717) is 34.0 Å². The van der Waals surface area contributed by atoms with Crippen LogP contribution < -0.4 is 10.5 Å². The molecule has 4 rings (SSSR count). The van der Waals surface area contributed by atoms with Gasteiger partial charge < -0.3 is 10.5 Å². The van der Waals surface area contributed by atoms with E-state index in [1.54, 1.807) is 29.0 Å². The first kappa shape index (κ1) is 20.9. The predicted octanol–water partition coefficient (Wildman–Crippen LogP) is 3.61. The van der Waals surface area contributed by atoms with Gasteiger partial charge in [0.15, 0.2) is 12.1 Å². The number of hydrogen-bond acceptors (Lipinski definition) is 6. The van der Waals surface area contributed by atoms with Crippen LogP contribution in [0, 0.1) is 5.82 Å². The molecule has 0 spiro atoms. The Bertz CT molecular complexity index is 1160. The molecule has 0 bridgehead atoms. The van der Waals surface area contributed by atoms with Gasteiger partial charge in [-0.3, -0.25) is 14.3 Å². The Hall–Kier alpha value is -3.79. The molecule has 7 nitrogen and oxygen atoms in total. The summed E-state index contributed by atoms with van der Waals surface area (Å²) in [4.78, 5) is 23.4. The Morgan fingerprint density at radius 2 is 1.83 bits per heavy atom. The number of hydrogen-bond donors (Lipinski definition) is 1. The van der Waals surface area contributed by atoms with Crippen molar-refractivity contribution in [1.29, 1.82) is 0 Å². The molecule has 4 aromatic rings. The molecule has 0 amide bonds. The van der Waals surface area contributed by atoms with Crippen molar-refractivity contribution in [3.8, 4) is 22.8 Å². The molecule has 0 saturated heterocycles. The van der Waals surface area contributed by atoms with Crippen LogP contribution in [-0.4, -0.2) is 39.5 Å². The number of carbonyl (C=O) groups is 1. The molecule has 0 atom stereocenters. The lowest BCUT2D eigenvalue weighted by molar-refractivity contribution is -0.0498. The molecule has 2 N–H and O–H groups in total. The molecule has 3 aromatic heterocycles. The summed E-state index contributed by atoms with van der Waals surface area (Å²) in [5.74, 6) is -0.428. The second-order valence-corrected chi connectivity index (χ2v) is 5.77. The van der Waals surface area contributed by atoms with Gasteiger partial charge in [-0.1, -0.05) is 12.1 Å². The number of alkyl halides is 2. The lowest BCUT2D eigenvalue weighted by Crippen LogP contribution is -2.01. The number of nitrogens with two attached hydrogens (primary N) is 1. The summed E-state index contributed by atoms with van der Waals surface area (Å²) in [6.07, 6.45) is 5.71. The van der Waals surface area contributed by atoms with E-state index in [-0.39, 0.29) is 11.7 Å². The van der Waals surface area contributed by atoms with Crippen molar-refractivity contribution in [2.75, 3.05) is 7.05 Å². The van der Waals surface area contributed by atoms with E-state index >= 15 is 0 Å². The zero-order valence-corrected chi connectivity index (χ0v) is 15.7. The number of nitrogens with zero attached hydrogens (tertiary/aromatic N) is 4. The maximum atomic E-state index is 13.2. The van der Waals surface area contributed by atoms with E-state index in [4.69, 9.17) is 0 Å². The van der Waals surface area contributed by atoms with Gasteiger partial charge >= 0.3 is 6.61 Å². The number of carbonyl (C=O) groups excluding carboxylic acids is 1. The van der Waals surface area contributed by atoms with Gasteiger partial charge in [0.05, 0.1) is 23.4 Å². The number of aromatic nitrogens is 4. The smallest absolute Gasteiger partial charge is 0.387 e. The van der Waals surface area contributed by atoms with Crippen molar-refractivity contribution in [2.45, 2.75) is 6.61 Å². The zero-order valence-electron chi connectivity index (χ0n) is 15.7. The normalized spacial score (nSPS) is 10.6. The molecule has 0 aliphatic carbocycles. The Morgan fingerprint density at radius 1 is 1.10 bits per heavy atom. The highest BCUT2D eigenvalue weighted by Gasteiger charge is 2.16. The standard InChI is InChI=1S/C19H11F3N4O2.CH5N/c20-13-7-24-19(25-8-13)26-9-15(17-16(26)4-11(10-27)6-23-17)12-2-1-3-14(5-12)28-18(21)22;1-2/h1-10,18H;2H2,1H3. The average molecular weight is 415 g/mol. The number of aldehydes is 1.